The Bertz CT molecular complexity index is 88.9. The van der Waals surface area contributed by atoms with Crippen molar-refractivity contribution >= 4 is 7.85 Å². The molecule has 0 bridgehead atoms. The summed E-state index contributed by atoms with van der Waals surface area (Å²) in [5, 5.41) is 0. The minimum absolute atomic E-state index is 0.853. The van der Waals surface area contributed by atoms with Crippen LogP contribution in [0, 0.1) is 11.8 Å². The summed E-state index contributed by atoms with van der Waals surface area (Å²) in [6.45, 7) is 9.34. The van der Waals surface area contributed by atoms with Crippen molar-refractivity contribution in [3.8, 4) is 0 Å². The molecule has 0 aromatic rings. The van der Waals surface area contributed by atoms with Crippen molar-refractivity contribution in [1.29, 1.82) is 0 Å². The van der Waals surface area contributed by atoms with Crippen LogP contribution in [0.2, 0.25) is 5.82 Å². The molecule has 66 valence electrons. The summed E-state index contributed by atoms with van der Waals surface area (Å²) in [5.41, 5.74) is 0. The van der Waals surface area contributed by atoms with E-state index in [1.165, 1.54) is 19.3 Å². The third kappa shape index (κ3) is 3.84. The van der Waals surface area contributed by atoms with Crippen LogP contribution < -0.4 is 0 Å². The van der Waals surface area contributed by atoms with E-state index < -0.39 is 0 Å². The van der Waals surface area contributed by atoms with Gasteiger partial charge in [-0.1, -0.05) is 52.8 Å². The monoisotopic (exact) mass is 154 g/mol. The highest BCUT2D eigenvalue weighted by Gasteiger charge is 2.16. The maximum Gasteiger partial charge on any atom is 0.105 e. The molecule has 11 heavy (non-hydrogen) atoms. The number of hydrogen-bond donors (Lipinski definition) is 0. The first-order valence-electron chi connectivity index (χ1n) is 5.13. The van der Waals surface area contributed by atoms with Gasteiger partial charge in [-0.3, -0.25) is 0 Å². The number of hydrogen-bond acceptors (Lipinski definition) is 0. The molecule has 0 saturated carbocycles. The van der Waals surface area contributed by atoms with Crippen molar-refractivity contribution in [1.82, 2.24) is 0 Å². The van der Waals surface area contributed by atoms with E-state index in [1.807, 2.05) is 0 Å². The second kappa shape index (κ2) is 5.68. The summed E-state index contributed by atoms with van der Waals surface area (Å²) in [6.07, 6.45) is 4.11. The molecule has 0 aliphatic heterocycles. The molecule has 0 radical (unpaired) electrons. The molecular weight excluding hydrogens is 131 g/mol. The van der Waals surface area contributed by atoms with Crippen LogP contribution in [0.5, 0.6) is 0 Å². The van der Waals surface area contributed by atoms with E-state index in [2.05, 4.69) is 35.5 Å². The average molecular weight is 154 g/mol. The zero-order valence-electron chi connectivity index (χ0n) is 8.85. The Balaban J connectivity index is 3.81. The van der Waals surface area contributed by atoms with Gasteiger partial charge >= 0.3 is 0 Å². The SMILES string of the molecule is BC(C)C(C)C(CC)CCC. The Morgan fingerprint density at radius 1 is 1.18 bits per heavy atom. The highest BCUT2D eigenvalue weighted by Crippen LogP contribution is 2.28. The second-order valence-corrected chi connectivity index (χ2v) is 4.06. The van der Waals surface area contributed by atoms with E-state index in [9.17, 15) is 0 Å². The van der Waals surface area contributed by atoms with Crippen LogP contribution in [0.3, 0.4) is 0 Å². The molecule has 3 atom stereocenters. The van der Waals surface area contributed by atoms with Crippen molar-refractivity contribution in [2.24, 2.45) is 11.8 Å². The molecule has 0 N–H and O–H groups in total. The summed E-state index contributed by atoms with van der Waals surface area (Å²) >= 11 is 0. The van der Waals surface area contributed by atoms with E-state index in [0.717, 1.165) is 17.7 Å². The van der Waals surface area contributed by atoms with Gasteiger partial charge in [0, 0.05) is 0 Å². The highest BCUT2D eigenvalue weighted by molar-refractivity contribution is 6.11. The third-order valence-corrected chi connectivity index (χ3v) is 2.98. The average Bonchev–Trinajstić information content (AvgIpc) is 1.98. The van der Waals surface area contributed by atoms with Crippen molar-refractivity contribution in [3.05, 3.63) is 0 Å². The first-order chi connectivity index (χ1) is 5.13. The van der Waals surface area contributed by atoms with E-state index in [1.54, 1.807) is 0 Å². The number of rotatable bonds is 5. The second-order valence-electron chi connectivity index (χ2n) is 4.06. The molecule has 0 spiro atoms. The summed E-state index contributed by atoms with van der Waals surface area (Å²) in [4.78, 5) is 0. The van der Waals surface area contributed by atoms with Gasteiger partial charge in [-0.05, 0) is 11.8 Å². The van der Waals surface area contributed by atoms with Crippen molar-refractivity contribution < 1.29 is 0 Å². The van der Waals surface area contributed by atoms with Gasteiger partial charge in [-0.25, -0.2) is 0 Å². The van der Waals surface area contributed by atoms with E-state index in [4.69, 9.17) is 0 Å². The van der Waals surface area contributed by atoms with Crippen molar-refractivity contribution in [2.75, 3.05) is 0 Å². The Hall–Kier alpha value is 0.0649. The highest BCUT2D eigenvalue weighted by atomic mass is 14.2. The van der Waals surface area contributed by atoms with Crippen molar-refractivity contribution in [2.45, 2.75) is 52.8 Å². The van der Waals surface area contributed by atoms with Gasteiger partial charge in [0.1, 0.15) is 7.85 Å². The molecule has 0 fully saturated rings. The van der Waals surface area contributed by atoms with Crippen LogP contribution in [0.25, 0.3) is 0 Å². The van der Waals surface area contributed by atoms with E-state index in [0.29, 0.717) is 0 Å². The molecule has 0 saturated heterocycles. The van der Waals surface area contributed by atoms with Crippen LogP contribution in [-0.2, 0) is 0 Å². The minimum atomic E-state index is 0.853. The fraction of sp³-hybridized carbons (Fsp3) is 1.00. The molecule has 0 rings (SSSR count). The lowest BCUT2D eigenvalue weighted by atomic mass is 9.71. The van der Waals surface area contributed by atoms with Gasteiger partial charge in [0.2, 0.25) is 0 Å². The molecule has 1 heteroatoms. The quantitative estimate of drug-likeness (QED) is 0.534. The zero-order chi connectivity index (χ0) is 8.85. The van der Waals surface area contributed by atoms with Gasteiger partial charge < -0.3 is 0 Å². The molecule has 0 aliphatic rings. The first-order valence-corrected chi connectivity index (χ1v) is 5.13. The third-order valence-electron chi connectivity index (χ3n) is 2.98. The van der Waals surface area contributed by atoms with Crippen LogP contribution in [0.15, 0.2) is 0 Å². The van der Waals surface area contributed by atoms with Crippen LogP contribution in [0.4, 0.5) is 0 Å². The predicted octanol–water partition coefficient (Wildman–Crippen LogP) is 2.89. The Labute approximate surface area is 73.2 Å². The van der Waals surface area contributed by atoms with Crippen LogP contribution in [-0.4, -0.2) is 7.85 Å². The summed E-state index contributed by atoms with van der Waals surface area (Å²) in [6, 6.07) is 0. The van der Waals surface area contributed by atoms with Crippen LogP contribution in [0.1, 0.15) is 47.0 Å². The minimum Gasteiger partial charge on any atom is -0.0697 e. The lowest BCUT2D eigenvalue weighted by molar-refractivity contribution is 0.316. The van der Waals surface area contributed by atoms with Gasteiger partial charge in [-0.2, -0.15) is 0 Å². The summed E-state index contributed by atoms with van der Waals surface area (Å²) < 4.78 is 0. The normalized spacial score (nSPS) is 19.3. The Morgan fingerprint density at radius 3 is 2.00 bits per heavy atom. The molecule has 3 unspecified atom stereocenters. The van der Waals surface area contributed by atoms with Gasteiger partial charge in [0.05, 0.1) is 0 Å². The molecule has 0 nitrogen and oxygen atoms in total. The maximum atomic E-state index is 2.40. The van der Waals surface area contributed by atoms with Gasteiger partial charge in [-0.15, -0.1) is 0 Å². The van der Waals surface area contributed by atoms with Gasteiger partial charge in [0.25, 0.3) is 0 Å². The fourth-order valence-electron chi connectivity index (χ4n) is 1.75. The largest absolute Gasteiger partial charge is 0.105 e. The van der Waals surface area contributed by atoms with Gasteiger partial charge in [0.15, 0.2) is 0 Å². The lowest BCUT2D eigenvalue weighted by Gasteiger charge is -2.25. The molecule has 0 heterocycles. The zero-order valence-corrected chi connectivity index (χ0v) is 8.85. The topological polar surface area (TPSA) is 0 Å². The predicted molar refractivity (Wildman–Crippen MR) is 55.8 cm³/mol. The Morgan fingerprint density at radius 2 is 1.73 bits per heavy atom. The van der Waals surface area contributed by atoms with Crippen molar-refractivity contribution in [3.63, 3.8) is 0 Å². The lowest BCUT2D eigenvalue weighted by Crippen LogP contribution is -2.14. The van der Waals surface area contributed by atoms with E-state index in [-0.39, 0.29) is 0 Å². The summed E-state index contributed by atoms with van der Waals surface area (Å²) in [7, 11) is 2.34. The molecule has 0 aromatic heterocycles. The molecule has 0 aromatic carbocycles. The first kappa shape index (κ1) is 11.1. The van der Waals surface area contributed by atoms with Crippen LogP contribution >= 0.6 is 0 Å². The maximum absolute atomic E-state index is 2.40. The molecule has 0 amide bonds. The standard InChI is InChI=1S/C10H23B/c1-5-7-10(6-2)8(3)9(4)11/h8-10H,5-7,11H2,1-4H3. The fourth-order valence-corrected chi connectivity index (χ4v) is 1.75. The van der Waals surface area contributed by atoms with E-state index >= 15 is 0 Å². The smallest absolute Gasteiger partial charge is 0.0697 e. The Kier molecular flexibility index (Phi) is 5.72. The summed E-state index contributed by atoms with van der Waals surface area (Å²) in [5.74, 6) is 2.71. The molecular formula is C10H23B. The molecule has 0 aliphatic carbocycles.